The van der Waals surface area contributed by atoms with Crippen molar-refractivity contribution in [2.45, 2.75) is 6.61 Å². The molecular weight excluding hydrogens is 285 g/mol. The molecule has 0 aliphatic carbocycles. The van der Waals surface area contributed by atoms with Gasteiger partial charge in [-0.05, 0) is 18.2 Å². The quantitative estimate of drug-likeness (QED) is 0.786. The van der Waals surface area contributed by atoms with Crippen molar-refractivity contribution in [3.63, 3.8) is 0 Å². The normalized spacial score (nSPS) is 10.5. The zero-order valence-corrected chi connectivity index (χ0v) is 11.9. The summed E-state index contributed by atoms with van der Waals surface area (Å²) in [5, 5.41) is 0. The van der Waals surface area contributed by atoms with Crippen LogP contribution in [0.15, 0.2) is 49.2 Å². The number of ether oxygens (including phenoxy) is 2. The topological polar surface area (TPSA) is 60.0 Å². The summed E-state index contributed by atoms with van der Waals surface area (Å²) in [5.41, 5.74) is 2.25. The highest BCUT2D eigenvalue weighted by atomic mass is 19.1. The maximum absolute atomic E-state index is 13.6. The van der Waals surface area contributed by atoms with Crippen LogP contribution >= 0.6 is 0 Å². The minimum absolute atomic E-state index is 0.263. The first kappa shape index (κ1) is 14.1. The Hall–Kier alpha value is -2.89. The van der Waals surface area contributed by atoms with Crippen LogP contribution in [-0.2, 0) is 6.61 Å². The van der Waals surface area contributed by atoms with Gasteiger partial charge < -0.3 is 14.5 Å². The molecule has 1 aromatic carbocycles. The molecule has 3 aromatic rings. The van der Waals surface area contributed by atoms with Gasteiger partial charge in [0, 0.05) is 29.6 Å². The number of imidazole rings is 1. The number of nitrogens with zero attached hydrogens (tertiary/aromatic N) is 2. The van der Waals surface area contributed by atoms with E-state index in [1.54, 1.807) is 44.2 Å². The van der Waals surface area contributed by atoms with E-state index in [1.165, 1.54) is 12.1 Å². The van der Waals surface area contributed by atoms with Gasteiger partial charge in [0.1, 0.15) is 23.9 Å². The highest BCUT2D eigenvalue weighted by Crippen LogP contribution is 2.36. The van der Waals surface area contributed by atoms with Gasteiger partial charge in [-0.25, -0.2) is 9.37 Å². The van der Waals surface area contributed by atoms with Crippen LogP contribution in [0.1, 0.15) is 5.69 Å². The van der Waals surface area contributed by atoms with Crippen molar-refractivity contribution >= 4 is 0 Å². The molecule has 3 rings (SSSR count). The molecule has 2 heterocycles. The van der Waals surface area contributed by atoms with Gasteiger partial charge in [-0.15, -0.1) is 0 Å². The van der Waals surface area contributed by atoms with Gasteiger partial charge in [-0.2, -0.15) is 0 Å². The minimum Gasteiger partial charge on any atom is -0.496 e. The summed E-state index contributed by atoms with van der Waals surface area (Å²) in [6.45, 7) is 0.263. The van der Waals surface area contributed by atoms with Crippen LogP contribution in [0.2, 0.25) is 0 Å². The zero-order chi connectivity index (χ0) is 15.4. The monoisotopic (exact) mass is 299 g/mol. The average molecular weight is 299 g/mol. The fourth-order valence-electron chi connectivity index (χ4n) is 2.12. The summed E-state index contributed by atoms with van der Waals surface area (Å²) in [7, 11) is 1.58. The third-order valence-electron chi connectivity index (χ3n) is 3.17. The summed E-state index contributed by atoms with van der Waals surface area (Å²) >= 11 is 0. The molecule has 0 atom stereocenters. The molecule has 0 fully saturated rings. The largest absolute Gasteiger partial charge is 0.496 e. The summed E-state index contributed by atoms with van der Waals surface area (Å²) in [5.74, 6) is 0.695. The molecule has 1 N–H and O–H groups in total. The van der Waals surface area contributed by atoms with Gasteiger partial charge in [0.2, 0.25) is 0 Å². The lowest BCUT2D eigenvalue weighted by Gasteiger charge is -2.13. The predicted molar refractivity (Wildman–Crippen MR) is 79.1 cm³/mol. The lowest BCUT2D eigenvalue weighted by Crippen LogP contribution is -1.99. The smallest absolute Gasteiger partial charge is 0.130 e. The van der Waals surface area contributed by atoms with Crippen molar-refractivity contribution in [3.05, 3.63) is 60.7 Å². The molecular formula is C16H14FN3O2. The molecule has 0 aliphatic rings. The van der Waals surface area contributed by atoms with E-state index in [0.717, 1.165) is 11.3 Å². The summed E-state index contributed by atoms with van der Waals surface area (Å²) in [6.07, 6.45) is 6.52. The van der Waals surface area contributed by atoms with E-state index in [4.69, 9.17) is 9.47 Å². The van der Waals surface area contributed by atoms with Crippen LogP contribution in [0.4, 0.5) is 4.39 Å². The van der Waals surface area contributed by atoms with Crippen LogP contribution in [0.5, 0.6) is 11.5 Å². The summed E-state index contributed by atoms with van der Waals surface area (Å²) in [4.78, 5) is 11.0. The van der Waals surface area contributed by atoms with Crippen LogP contribution in [-0.4, -0.2) is 22.1 Å². The van der Waals surface area contributed by atoms with Crippen LogP contribution in [0, 0.1) is 5.82 Å². The van der Waals surface area contributed by atoms with Crippen molar-refractivity contribution in [3.8, 4) is 22.6 Å². The van der Waals surface area contributed by atoms with E-state index in [9.17, 15) is 4.39 Å². The number of aromatic nitrogens is 3. The predicted octanol–water partition coefficient (Wildman–Crippen LogP) is 3.20. The third kappa shape index (κ3) is 2.90. The van der Waals surface area contributed by atoms with Gasteiger partial charge in [-0.3, -0.25) is 4.98 Å². The molecule has 0 radical (unpaired) electrons. The molecule has 0 amide bonds. The Labute approximate surface area is 126 Å². The second kappa shape index (κ2) is 6.26. The number of H-pyrrole nitrogens is 1. The number of methoxy groups -OCH3 is 1. The first-order valence-electron chi connectivity index (χ1n) is 6.66. The Balaban J connectivity index is 1.96. The minimum atomic E-state index is -0.369. The van der Waals surface area contributed by atoms with Crippen molar-refractivity contribution in [1.29, 1.82) is 0 Å². The van der Waals surface area contributed by atoms with Gasteiger partial charge >= 0.3 is 0 Å². The molecule has 0 bridgehead atoms. The summed E-state index contributed by atoms with van der Waals surface area (Å²) < 4.78 is 24.6. The highest BCUT2D eigenvalue weighted by molar-refractivity contribution is 5.75. The van der Waals surface area contributed by atoms with Gasteiger partial charge in [0.15, 0.2) is 0 Å². The number of nitrogens with one attached hydrogen (secondary N) is 1. The Kier molecular flexibility index (Phi) is 4.00. The van der Waals surface area contributed by atoms with Crippen molar-refractivity contribution < 1.29 is 13.9 Å². The summed E-state index contributed by atoms with van der Waals surface area (Å²) in [6, 6.07) is 6.12. The van der Waals surface area contributed by atoms with Gasteiger partial charge in [0.25, 0.3) is 0 Å². The number of aromatic amines is 1. The van der Waals surface area contributed by atoms with Crippen LogP contribution in [0.3, 0.4) is 0 Å². The number of hydrogen-bond acceptors (Lipinski definition) is 4. The number of rotatable bonds is 5. The first-order chi connectivity index (χ1) is 10.8. The van der Waals surface area contributed by atoms with Crippen molar-refractivity contribution in [2.75, 3.05) is 7.11 Å². The fourth-order valence-corrected chi connectivity index (χ4v) is 2.12. The van der Waals surface area contributed by atoms with E-state index in [-0.39, 0.29) is 12.4 Å². The Morgan fingerprint density at radius 1 is 1.09 bits per heavy atom. The fraction of sp³-hybridized carbons (Fsp3) is 0.125. The molecule has 2 aromatic heterocycles. The molecule has 5 nitrogen and oxygen atoms in total. The molecule has 22 heavy (non-hydrogen) atoms. The Morgan fingerprint density at radius 3 is 2.77 bits per heavy atom. The van der Waals surface area contributed by atoms with Crippen LogP contribution < -0.4 is 9.47 Å². The second-order valence-corrected chi connectivity index (χ2v) is 4.58. The van der Waals surface area contributed by atoms with E-state index < -0.39 is 0 Å². The first-order valence-corrected chi connectivity index (χ1v) is 6.66. The average Bonchev–Trinajstić information content (AvgIpc) is 3.06. The van der Waals surface area contributed by atoms with E-state index in [0.29, 0.717) is 17.1 Å². The maximum Gasteiger partial charge on any atom is 0.130 e. The second-order valence-electron chi connectivity index (χ2n) is 4.58. The highest BCUT2D eigenvalue weighted by Gasteiger charge is 2.13. The number of halogens is 1. The standard InChI is InChI=1S/C16H14FN3O2/c1-21-15-4-5-18-8-14(15)13-3-2-11(17)6-16(13)22-9-12-7-19-10-20-12/h2-8,10H,9H2,1H3,(H,19,20). The molecule has 112 valence electrons. The molecule has 0 unspecified atom stereocenters. The maximum atomic E-state index is 13.6. The Bertz CT molecular complexity index is 760. The zero-order valence-electron chi connectivity index (χ0n) is 11.9. The van der Waals surface area contributed by atoms with Crippen LogP contribution in [0.25, 0.3) is 11.1 Å². The number of hydrogen-bond donors (Lipinski definition) is 1. The molecule has 6 heteroatoms. The number of pyridine rings is 1. The Morgan fingerprint density at radius 2 is 2.00 bits per heavy atom. The SMILES string of the molecule is COc1ccncc1-c1ccc(F)cc1OCc1cnc[nH]1. The van der Waals surface area contributed by atoms with Gasteiger partial charge in [-0.1, -0.05) is 0 Å². The molecule has 0 saturated heterocycles. The molecule has 0 spiro atoms. The van der Waals surface area contributed by atoms with Crippen molar-refractivity contribution in [1.82, 2.24) is 15.0 Å². The van der Waals surface area contributed by atoms with Gasteiger partial charge in [0.05, 0.1) is 25.3 Å². The molecule has 0 aliphatic heterocycles. The van der Waals surface area contributed by atoms with E-state index in [1.807, 2.05) is 0 Å². The van der Waals surface area contributed by atoms with E-state index >= 15 is 0 Å². The molecule has 0 saturated carbocycles. The lowest BCUT2D eigenvalue weighted by molar-refractivity contribution is 0.301. The third-order valence-corrected chi connectivity index (χ3v) is 3.17. The number of benzene rings is 1. The van der Waals surface area contributed by atoms with E-state index in [2.05, 4.69) is 15.0 Å². The lowest BCUT2D eigenvalue weighted by atomic mass is 10.1. The van der Waals surface area contributed by atoms with Crippen molar-refractivity contribution in [2.24, 2.45) is 0 Å².